The van der Waals surface area contributed by atoms with Crippen LogP contribution in [0.3, 0.4) is 0 Å². The number of hydrogen-bond donors (Lipinski definition) is 2. The van der Waals surface area contributed by atoms with Gasteiger partial charge in [-0.25, -0.2) is 9.78 Å². The zero-order valence-corrected chi connectivity index (χ0v) is 15.4. The minimum Gasteiger partial charge on any atom is -0.444 e. The van der Waals surface area contributed by atoms with E-state index < -0.39 is 29.5 Å². The summed E-state index contributed by atoms with van der Waals surface area (Å²) < 4.78 is 43.4. The maximum atomic E-state index is 12.7. The molecule has 2 atom stereocenters. The average molecular weight is 396 g/mol. The Labute approximate surface area is 154 Å². The fraction of sp³-hybridized carbons (Fsp3) is 0.625. The molecule has 1 aromatic heterocycles. The van der Waals surface area contributed by atoms with Gasteiger partial charge >= 0.3 is 12.3 Å². The highest BCUT2D eigenvalue weighted by atomic mass is 35.5. The maximum absolute atomic E-state index is 12.7. The predicted molar refractivity (Wildman–Crippen MR) is 90.2 cm³/mol. The lowest BCUT2D eigenvalue weighted by Crippen LogP contribution is -2.40. The summed E-state index contributed by atoms with van der Waals surface area (Å²) in [6, 6.07) is 0.00581. The number of aromatic nitrogens is 1. The number of aliphatic hydroxyl groups excluding tert-OH is 1. The van der Waals surface area contributed by atoms with E-state index in [9.17, 15) is 23.1 Å². The molecule has 0 bridgehead atoms. The molecule has 0 radical (unpaired) electrons. The molecule has 0 aromatic carbocycles. The highest BCUT2D eigenvalue weighted by Gasteiger charge is 2.37. The molecule has 1 fully saturated rings. The number of amides is 1. The summed E-state index contributed by atoms with van der Waals surface area (Å²) in [5.74, 6) is 0.132. The van der Waals surface area contributed by atoms with Gasteiger partial charge in [-0.15, -0.1) is 0 Å². The Morgan fingerprint density at radius 1 is 1.46 bits per heavy atom. The first-order valence-corrected chi connectivity index (χ1v) is 8.38. The van der Waals surface area contributed by atoms with Crippen molar-refractivity contribution in [2.24, 2.45) is 0 Å². The second-order valence-corrected chi connectivity index (χ2v) is 7.50. The summed E-state index contributed by atoms with van der Waals surface area (Å²) in [5.41, 5.74) is -1.61. The molecule has 0 unspecified atom stereocenters. The van der Waals surface area contributed by atoms with Crippen LogP contribution in [0.1, 0.15) is 32.8 Å². The van der Waals surface area contributed by atoms with Crippen LogP contribution in [0.15, 0.2) is 12.3 Å². The van der Waals surface area contributed by atoms with Gasteiger partial charge in [-0.3, -0.25) is 0 Å². The Morgan fingerprint density at radius 3 is 2.62 bits per heavy atom. The van der Waals surface area contributed by atoms with Crippen molar-refractivity contribution in [3.63, 3.8) is 0 Å². The van der Waals surface area contributed by atoms with E-state index in [1.165, 1.54) is 0 Å². The molecular formula is C16H21ClF3N3O3. The number of nitrogens with zero attached hydrogens (tertiary/aromatic N) is 2. The molecular weight excluding hydrogens is 375 g/mol. The van der Waals surface area contributed by atoms with E-state index in [2.05, 4.69) is 10.3 Å². The van der Waals surface area contributed by atoms with Crippen molar-refractivity contribution in [2.45, 2.75) is 51.1 Å². The normalized spacial score (nSPS) is 21.0. The van der Waals surface area contributed by atoms with E-state index >= 15 is 0 Å². The number of carbonyl (C=O) groups excluding carboxylic acids is 1. The van der Waals surface area contributed by atoms with E-state index in [1.807, 2.05) is 0 Å². The van der Waals surface area contributed by atoms with Gasteiger partial charge in [0, 0.05) is 12.7 Å². The molecule has 0 aliphatic carbocycles. The number of rotatable bonds is 3. The number of pyridine rings is 1. The van der Waals surface area contributed by atoms with Crippen LogP contribution in [0, 0.1) is 0 Å². The number of carbonyl (C=O) groups is 1. The third-order valence-electron chi connectivity index (χ3n) is 3.77. The van der Waals surface area contributed by atoms with Crippen molar-refractivity contribution in [1.29, 1.82) is 0 Å². The smallest absolute Gasteiger partial charge is 0.417 e. The largest absolute Gasteiger partial charge is 0.444 e. The lowest BCUT2D eigenvalue weighted by atomic mass is 10.2. The first kappa shape index (κ1) is 20.6. The van der Waals surface area contributed by atoms with Crippen molar-refractivity contribution >= 4 is 23.5 Å². The molecule has 2 heterocycles. The molecule has 2 rings (SSSR count). The van der Waals surface area contributed by atoms with Gasteiger partial charge in [0.05, 0.1) is 29.3 Å². The fourth-order valence-corrected chi connectivity index (χ4v) is 3.00. The molecule has 10 heteroatoms. The van der Waals surface area contributed by atoms with Crippen LogP contribution in [0.25, 0.3) is 0 Å². The summed E-state index contributed by atoms with van der Waals surface area (Å²) in [6.45, 7) is 5.18. The second kappa shape index (κ2) is 7.48. The first-order valence-electron chi connectivity index (χ1n) is 8.00. The van der Waals surface area contributed by atoms with Crippen LogP contribution in [-0.4, -0.2) is 47.0 Å². The van der Waals surface area contributed by atoms with Crippen LogP contribution in [-0.2, 0) is 10.9 Å². The highest BCUT2D eigenvalue weighted by Crippen LogP contribution is 2.35. The Hall–Kier alpha value is -1.74. The summed E-state index contributed by atoms with van der Waals surface area (Å²) >= 11 is 5.98. The molecule has 26 heavy (non-hydrogen) atoms. The summed E-state index contributed by atoms with van der Waals surface area (Å²) in [6.07, 6.45) is -4.07. The molecule has 6 nitrogen and oxygen atoms in total. The average Bonchev–Trinajstić information content (AvgIpc) is 2.86. The van der Waals surface area contributed by atoms with Crippen molar-refractivity contribution in [3.8, 4) is 0 Å². The number of alkyl halides is 3. The van der Waals surface area contributed by atoms with Gasteiger partial charge in [-0.1, -0.05) is 11.6 Å². The van der Waals surface area contributed by atoms with E-state index in [1.54, 1.807) is 25.7 Å². The molecule has 1 aliphatic rings. The molecule has 2 N–H and O–H groups in total. The highest BCUT2D eigenvalue weighted by molar-refractivity contribution is 6.33. The number of halogens is 4. The van der Waals surface area contributed by atoms with Crippen LogP contribution in [0.5, 0.6) is 0 Å². The number of aliphatic hydroxyl groups is 1. The standard InChI is InChI=1S/C16H21ClF3N3O3/c1-15(2,3)26-14(25)22-10-5-11(8-24)23(7-10)13-12(17)4-9(6-21-13)16(18,19)20/h4,6,10-11,24H,5,7-8H2,1-3H3,(H,22,25)/t10-,11+/m1/s1. The Morgan fingerprint density at radius 2 is 2.12 bits per heavy atom. The summed E-state index contributed by atoms with van der Waals surface area (Å²) in [7, 11) is 0. The van der Waals surface area contributed by atoms with Gasteiger partial charge < -0.3 is 20.1 Å². The number of alkyl carbamates (subject to hydrolysis) is 1. The minimum absolute atomic E-state index is 0.132. The SMILES string of the molecule is CC(C)(C)OC(=O)N[C@@H]1C[C@@H](CO)N(c2ncc(C(F)(F)F)cc2Cl)C1. The van der Waals surface area contributed by atoms with E-state index in [4.69, 9.17) is 16.3 Å². The van der Waals surface area contributed by atoms with Crippen LogP contribution < -0.4 is 10.2 Å². The van der Waals surface area contributed by atoms with Gasteiger partial charge in [0.2, 0.25) is 0 Å². The molecule has 1 saturated heterocycles. The third kappa shape index (κ3) is 5.14. The Kier molecular flexibility index (Phi) is 5.92. The first-order chi connectivity index (χ1) is 11.9. The van der Waals surface area contributed by atoms with Crippen molar-refractivity contribution in [2.75, 3.05) is 18.1 Å². The van der Waals surface area contributed by atoms with Crippen LogP contribution >= 0.6 is 11.6 Å². The second-order valence-electron chi connectivity index (χ2n) is 7.09. The molecule has 0 saturated carbocycles. The zero-order valence-electron chi connectivity index (χ0n) is 14.6. The van der Waals surface area contributed by atoms with Crippen molar-refractivity contribution in [3.05, 3.63) is 22.8 Å². The van der Waals surface area contributed by atoms with Gasteiger partial charge in [0.15, 0.2) is 0 Å². The lowest BCUT2D eigenvalue weighted by Gasteiger charge is -2.25. The quantitative estimate of drug-likeness (QED) is 0.822. The van der Waals surface area contributed by atoms with Gasteiger partial charge in [-0.2, -0.15) is 13.2 Å². The van der Waals surface area contributed by atoms with E-state index in [-0.39, 0.29) is 30.0 Å². The van der Waals surface area contributed by atoms with Crippen LogP contribution in [0.4, 0.5) is 23.8 Å². The number of ether oxygens (including phenoxy) is 1. The Bertz CT molecular complexity index is 664. The lowest BCUT2D eigenvalue weighted by molar-refractivity contribution is -0.137. The topological polar surface area (TPSA) is 74.7 Å². The monoisotopic (exact) mass is 395 g/mol. The van der Waals surface area contributed by atoms with E-state index in [0.29, 0.717) is 12.6 Å². The maximum Gasteiger partial charge on any atom is 0.417 e. The summed E-state index contributed by atoms with van der Waals surface area (Å²) in [5, 5.41) is 12.1. The van der Waals surface area contributed by atoms with Crippen molar-refractivity contribution < 1.29 is 27.8 Å². The minimum atomic E-state index is -4.54. The Balaban J connectivity index is 2.13. The fourth-order valence-electron chi connectivity index (χ4n) is 2.73. The van der Waals surface area contributed by atoms with Gasteiger partial charge in [0.1, 0.15) is 11.4 Å². The molecule has 1 amide bonds. The number of nitrogens with one attached hydrogen (secondary N) is 1. The number of anilines is 1. The molecule has 1 aliphatic heterocycles. The zero-order chi connectivity index (χ0) is 19.7. The molecule has 146 valence electrons. The number of hydrogen-bond acceptors (Lipinski definition) is 5. The van der Waals surface area contributed by atoms with Gasteiger partial charge in [-0.05, 0) is 33.3 Å². The van der Waals surface area contributed by atoms with Gasteiger partial charge in [0.25, 0.3) is 0 Å². The van der Waals surface area contributed by atoms with Crippen molar-refractivity contribution in [1.82, 2.24) is 10.3 Å². The predicted octanol–water partition coefficient (Wildman–Crippen LogP) is 3.22. The molecule has 1 aromatic rings. The molecule has 0 spiro atoms. The summed E-state index contributed by atoms with van der Waals surface area (Å²) in [4.78, 5) is 17.3. The third-order valence-corrected chi connectivity index (χ3v) is 4.05. The van der Waals surface area contributed by atoms with Crippen LogP contribution in [0.2, 0.25) is 5.02 Å². The van der Waals surface area contributed by atoms with E-state index in [0.717, 1.165) is 6.07 Å².